The molecule has 0 spiro atoms. The van der Waals surface area contributed by atoms with Gasteiger partial charge in [-0.15, -0.1) is 11.8 Å². The van der Waals surface area contributed by atoms with Crippen LogP contribution in [0, 0.1) is 0 Å². The van der Waals surface area contributed by atoms with Crippen molar-refractivity contribution in [2.75, 3.05) is 24.9 Å². The zero-order valence-corrected chi connectivity index (χ0v) is 19.1. The summed E-state index contributed by atoms with van der Waals surface area (Å²) >= 11 is 1.43. The molecule has 2 amide bonds. The van der Waals surface area contributed by atoms with E-state index >= 15 is 0 Å². The van der Waals surface area contributed by atoms with Gasteiger partial charge >= 0.3 is 0 Å². The third-order valence-corrected chi connectivity index (χ3v) is 5.76. The Bertz CT molecular complexity index is 1030. The van der Waals surface area contributed by atoms with Crippen molar-refractivity contribution in [3.8, 4) is 11.5 Å². The van der Waals surface area contributed by atoms with Crippen LogP contribution >= 0.6 is 11.8 Å². The number of nitrogens with one attached hydrogen (secondary N) is 2. The second kappa shape index (κ2) is 11.2. The predicted molar refractivity (Wildman–Crippen MR) is 129 cm³/mol. The van der Waals surface area contributed by atoms with Gasteiger partial charge in [0.25, 0.3) is 0 Å². The van der Waals surface area contributed by atoms with Crippen molar-refractivity contribution >= 4 is 35.0 Å². The topological polar surface area (TPSA) is 76.7 Å². The van der Waals surface area contributed by atoms with Crippen LogP contribution in [-0.2, 0) is 16.0 Å². The third-order valence-electron chi connectivity index (χ3n) is 4.65. The zero-order valence-electron chi connectivity index (χ0n) is 18.3. The lowest BCUT2D eigenvalue weighted by Gasteiger charge is -2.14. The smallest absolute Gasteiger partial charge is 0.237 e. The van der Waals surface area contributed by atoms with Gasteiger partial charge in [0.2, 0.25) is 11.8 Å². The van der Waals surface area contributed by atoms with E-state index in [0.29, 0.717) is 23.6 Å². The van der Waals surface area contributed by atoms with Gasteiger partial charge in [0.15, 0.2) is 0 Å². The van der Waals surface area contributed by atoms with E-state index in [9.17, 15) is 9.59 Å². The largest absolute Gasteiger partial charge is 0.497 e. The van der Waals surface area contributed by atoms with Crippen molar-refractivity contribution in [1.29, 1.82) is 0 Å². The van der Waals surface area contributed by atoms with Gasteiger partial charge in [0.05, 0.1) is 25.9 Å². The van der Waals surface area contributed by atoms with Gasteiger partial charge in [-0.05, 0) is 36.8 Å². The number of methoxy groups -OCH3 is 2. The monoisotopic (exact) mass is 450 g/mol. The van der Waals surface area contributed by atoms with Crippen molar-refractivity contribution in [2.45, 2.75) is 23.5 Å². The molecule has 3 rings (SSSR count). The number of amides is 2. The summed E-state index contributed by atoms with van der Waals surface area (Å²) in [5, 5.41) is 5.46. The standard InChI is InChI=1S/C25H26N2O4S/c1-17(25(29)27-20-14-21(30-2)16-22(15-20)31-3)32-23-11-9-19(10-12-23)26-24(28)13-18-7-5-4-6-8-18/h4-12,14-17H,13H2,1-3H3,(H,26,28)(H,27,29). The molecular formula is C25H26N2O4S. The quantitative estimate of drug-likeness (QED) is 0.449. The summed E-state index contributed by atoms with van der Waals surface area (Å²) in [4.78, 5) is 25.8. The number of rotatable bonds is 9. The van der Waals surface area contributed by atoms with E-state index < -0.39 is 0 Å². The Balaban J connectivity index is 1.54. The van der Waals surface area contributed by atoms with Gasteiger partial charge in [-0.2, -0.15) is 0 Å². The molecule has 166 valence electrons. The second-order valence-electron chi connectivity index (χ2n) is 7.09. The average molecular weight is 451 g/mol. The molecule has 0 fully saturated rings. The van der Waals surface area contributed by atoms with E-state index in [0.717, 1.165) is 16.1 Å². The van der Waals surface area contributed by atoms with Crippen molar-refractivity contribution in [3.05, 3.63) is 78.4 Å². The predicted octanol–water partition coefficient (Wildman–Crippen LogP) is 5.00. The van der Waals surface area contributed by atoms with Crippen molar-refractivity contribution < 1.29 is 19.1 Å². The van der Waals surface area contributed by atoms with Crippen LogP contribution in [0.15, 0.2) is 77.7 Å². The molecule has 0 saturated carbocycles. The van der Waals surface area contributed by atoms with Gasteiger partial charge in [-0.25, -0.2) is 0 Å². The van der Waals surface area contributed by atoms with E-state index in [1.807, 2.05) is 61.5 Å². The molecular weight excluding hydrogens is 424 g/mol. The molecule has 0 aliphatic carbocycles. The Morgan fingerprint density at radius 1 is 0.844 bits per heavy atom. The minimum absolute atomic E-state index is 0.0712. The summed E-state index contributed by atoms with van der Waals surface area (Å²) in [5.74, 6) is 0.998. The van der Waals surface area contributed by atoms with Crippen LogP contribution in [0.5, 0.6) is 11.5 Å². The van der Waals surface area contributed by atoms with Crippen LogP contribution in [0.4, 0.5) is 11.4 Å². The number of anilines is 2. The molecule has 0 bridgehead atoms. The SMILES string of the molecule is COc1cc(NC(=O)C(C)Sc2ccc(NC(=O)Cc3ccccc3)cc2)cc(OC)c1. The molecule has 0 aromatic heterocycles. The zero-order chi connectivity index (χ0) is 22.9. The first-order valence-corrected chi connectivity index (χ1v) is 11.0. The van der Waals surface area contributed by atoms with Crippen molar-refractivity contribution in [3.63, 3.8) is 0 Å². The van der Waals surface area contributed by atoms with Crippen LogP contribution < -0.4 is 20.1 Å². The number of thioether (sulfide) groups is 1. The molecule has 0 saturated heterocycles. The van der Waals surface area contributed by atoms with Gasteiger partial charge < -0.3 is 20.1 Å². The molecule has 0 radical (unpaired) electrons. The summed E-state index contributed by atoms with van der Waals surface area (Å²) in [6.45, 7) is 1.84. The number of carbonyl (C=O) groups excluding carboxylic acids is 2. The lowest BCUT2D eigenvalue weighted by molar-refractivity contribution is -0.116. The summed E-state index contributed by atoms with van der Waals surface area (Å²) in [5.41, 5.74) is 2.29. The van der Waals surface area contributed by atoms with E-state index in [2.05, 4.69) is 10.6 Å². The number of benzene rings is 3. The molecule has 0 aliphatic heterocycles. The third kappa shape index (κ3) is 6.78. The Kier molecular flexibility index (Phi) is 8.16. The van der Waals surface area contributed by atoms with E-state index in [1.54, 1.807) is 32.4 Å². The van der Waals surface area contributed by atoms with Crippen LogP contribution in [0.1, 0.15) is 12.5 Å². The Labute approximate surface area is 192 Å². The van der Waals surface area contributed by atoms with Gasteiger partial charge in [0.1, 0.15) is 11.5 Å². The van der Waals surface area contributed by atoms with Crippen LogP contribution in [0.3, 0.4) is 0 Å². The highest BCUT2D eigenvalue weighted by Crippen LogP contribution is 2.28. The summed E-state index contributed by atoms with van der Waals surface area (Å²) in [6.07, 6.45) is 0.323. The fourth-order valence-electron chi connectivity index (χ4n) is 2.98. The molecule has 32 heavy (non-hydrogen) atoms. The lowest BCUT2D eigenvalue weighted by Crippen LogP contribution is -2.22. The molecule has 1 unspecified atom stereocenters. The second-order valence-corrected chi connectivity index (χ2v) is 8.50. The van der Waals surface area contributed by atoms with Gasteiger partial charge in [-0.3, -0.25) is 9.59 Å². The number of carbonyl (C=O) groups is 2. The van der Waals surface area contributed by atoms with Crippen LogP contribution in [-0.4, -0.2) is 31.3 Å². The first-order chi connectivity index (χ1) is 15.5. The maximum absolute atomic E-state index is 12.6. The summed E-state index contributed by atoms with van der Waals surface area (Å²) in [6, 6.07) is 22.3. The first kappa shape index (κ1) is 23.2. The molecule has 2 N–H and O–H groups in total. The number of hydrogen-bond acceptors (Lipinski definition) is 5. The summed E-state index contributed by atoms with van der Waals surface area (Å²) in [7, 11) is 3.12. The first-order valence-electron chi connectivity index (χ1n) is 10.1. The molecule has 0 heterocycles. The normalized spacial score (nSPS) is 11.3. The highest BCUT2D eigenvalue weighted by molar-refractivity contribution is 8.00. The molecule has 3 aromatic rings. The minimum atomic E-state index is -0.328. The minimum Gasteiger partial charge on any atom is -0.497 e. The average Bonchev–Trinajstić information content (AvgIpc) is 2.80. The summed E-state index contributed by atoms with van der Waals surface area (Å²) < 4.78 is 10.5. The number of hydrogen-bond donors (Lipinski definition) is 2. The maximum Gasteiger partial charge on any atom is 0.237 e. The molecule has 1 atom stereocenters. The maximum atomic E-state index is 12.6. The Hall–Kier alpha value is -3.45. The highest BCUT2D eigenvalue weighted by atomic mass is 32.2. The van der Waals surface area contributed by atoms with E-state index in [-0.39, 0.29) is 17.1 Å². The van der Waals surface area contributed by atoms with Gasteiger partial charge in [0, 0.05) is 34.5 Å². The van der Waals surface area contributed by atoms with E-state index in [1.165, 1.54) is 11.8 Å². The lowest BCUT2D eigenvalue weighted by atomic mass is 10.1. The molecule has 3 aromatic carbocycles. The van der Waals surface area contributed by atoms with Crippen LogP contribution in [0.2, 0.25) is 0 Å². The van der Waals surface area contributed by atoms with Gasteiger partial charge in [-0.1, -0.05) is 30.3 Å². The molecule has 0 aliphatic rings. The van der Waals surface area contributed by atoms with E-state index in [4.69, 9.17) is 9.47 Å². The van der Waals surface area contributed by atoms with Crippen LogP contribution in [0.25, 0.3) is 0 Å². The number of ether oxygens (including phenoxy) is 2. The van der Waals surface area contributed by atoms with Crippen molar-refractivity contribution in [2.24, 2.45) is 0 Å². The fraction of sp³-hybridized carbons (Fsp3) is 0.200. The highest BCUT2D eigenvalue weighted by Gasteiger charge is 2.16. The Morgan fingerprint density at radius 3 is 2.06 bits per heavy atom. The fourth-order valence-corrected chi connectivity index (χ4v) is 3.85. The molecule has 7 heteroatoms. The molecule has 6 nitrogen and oxygen atoms in total. The Morgan fingerprint density at radius 2 is 1.47 bits per heavy atom. The van der Waals surface area contributed by atoms with Crippen molar-refractivity contribution in [1.82, 2.24) is 0 Å².